The van der Waals surface area contributed by atoms with Gasteiger partial charge in [-0.25, -0.2) is 9.49 Å². The van der Waals surface area contributed by atoms with Crippen molar-refractivity contribution in [1.29, 1.82) is 0 Å². The molecule has 0 saturated heterocycles. The summed E-state index contributed by atoms with van der Waals surface area (Å²) in [6, 6.07) is 10.8. The summed E-state index contributed by atoms with van der Waals surface area (Å²) in [4.78, 5) is 23.9. The van der Waals surface area contributed by atoms with E-state index in [-0.39, 0.29) is 18.6 Å². The van der Waals surface area contributed by atoms with E-state index in [1.165, 1.54) is 25.3 Å². The maximum atomic E-state index is 13.3. The fourth-order valence-electron chi connectivity index (χ4n) is 2.51. The summed E-state index contributed by atoms with van der Waals surface area (Å²) >= 11 is 0. The van der Waals surface area contributed by atoms with E-state index in [0.29, 0.717) is 27.8 Å². The standard InChI is InChI=1S/C18H15FN2O4/c1-24-16-7-6-12(19)8-11(16)10-25-17(22)9-15-13-4-2-3-5-14(13)18(23)21-20-15/h2-8H,9-10H2,1H3,(H,21,23). The number of nitrogens with one attached hydrogen (secondary N) is 1. The lowest BCUT2D eigenvalue weighted by Crippen LogP contribution is -2.15. The summed E-state index contributed by atoms with van der Waals surface area (Å²) < 4.78 is 23.6. The zero-order valence-corrected chi connectivity index (χ0v) is 13.4. The number of hydrogen-bond acceptors (Lipinski definition) is 5. The molecule has 3 rings (SSSR count). The van der Waals surface area contributed by atoms with Crippen molar-refractivity contribution in [3.8, 4) is 5.75 Å². The molecule has 0 atom stereocenters. The van der Waals surface area contributed by atoms with Crippen LogP contribution in [0.4, 0.5) is 4.39 Å². The van der Waals surface area contributed by atoms with Crippen molar-refractivity contribution in [3.63, 3.8) is 0 Å². The van der Waals surface area contributed by atoms with Crippen molar-refractivity contribution in [1.82, 2.24) is 10.2 Å². The van der Waals surface area contributed by atoms with Gasteiger partial charge in [-0.15, -0.1) is 0 Å². The Hall–Kier alpha value is -3.22. The van der Waals surface area contributed by atoms with Gasteiger partial charge in [0.2, 0.25) is 0 Å². The van der Waals surface area contributed by atoms with E-state index < -0.39 is 11.8 Å². The van der Waals surface area contributed by atoms with Crippen molar-refractivity contribution in [3.05, 3.63) is 69.9 Å². The molecular weight excluding hydrogens is 327 g/mol. The second-order valence-electron chi connectivity index (χ2n) is 5.34. The molecule has 6 nitrogen and oxygen atoms in total. The fraction of sp³-hybridized carbons (Fsp3) is 0.167. The molecule has 25 heavy (non-hydrogen) atoms. The third-order valence-electron chi connectivity index (χ3n) is 3.72. The molecule has 2 aromatic carbocycles. The molecule has 1 aromatic heterocycles. The van der Waals surface area contributed by atoms with Crippen molar-refractivity contribution in [2.45, 2.75) is 13.0 Å². The van der Waals surface area contributed by atoms with Gasteiger partial charge in [0, 0.05) is 10.9 Å². The van der Waals surface area contributed by atoms with Gasteiger partial charge < -0.3 is 9.47 Å². The average molecular weight is 342 g/mol. The molecule has 1 N–H and O–H groups in total. The molecule has 0 saturated carbocycles. The third kappa shape index (κ3) is 3.65. The van der Waals surface area contributed by atoms with Crippen LogP contribution in [0.5, 0.6) is 5.75 Å². The van der Waals surface area contributed by atoms with Crippen LogP contribution in [0.3, 0.4) is 0 Å². The highest BCUT2D eigenvalue weighted by Crippen LogP contribution is 2.20. The van der Waals surface area contributed by atoms with Gasteiger partial charge in [0.1, 0.15) is 18.2 Å². The first-order chi connectivity index (χ1) is 12.1. The first-order valence-corrected chi connectivity index (χ1v) is 7.53. The number of carbonyl (C=O) groups is 1. The van der Waals surface area contributed by atoms with Crippen molar-refractivity contribution in [2.75, 3.05) is 7.11 Å². The van der Waals surface area contributed by atoms with Crippen LogP contribution in [-0.2, 0) is 22.6 Å². The van der Waals surface area contributed by atoms with E-state index in [9.17, 15) is 14.0 Å². The van der Waals surface area contributed by atoms with E-state index in [1.54, 1.807) is 24.3 Å². The third-order valence-corrected chi connectivity index (χ3v) is 3.72. The first-order valence-electron chi connectivity index (χ1n) is 7.53. The van der Waals surface area contributed by atoms with E-state index in [4.69, 9.17) is 9.47 Å². The molecule has 0 spiro atoms. The second kappa shape index (κ2) is 7.12. The van der Waals surface area contributed by atoms with Crippen LogP contribution in [0.25, 0.3) is 10.8 Å². The van der Waals surface area contributed by atoms with Crippen LogP contribution < -0.4 is 10.3 Å². The van der Waals surface area contributed by atoms with Crippen molar-refractivity contribution >= 4 is 16.7 Å². The van der Waals surface area contributed by atoms with Gasteiger partial charge in [0.15, 0.2) is 0 Å². The highest BCUT2D eigenvalue weighted by Gasteiger charge is 2.13. The largest absolute Gasteiger partial charge is 0.496 e. The number of aromatic amines is 1. The lowest BCUT2D eigenvalue weighted by Gasteiger charge is -2.10. The normalized spacial score (nSPS) is 10.6. The molecule has 3 aromatic rings. The molecule has 1 heterocycles. The van der Waals surface area contributed by atoms with Gasteiger partial charge in [-0.05, 0) is 24.3 Å². The van der Waals surface area contributed by atoms with Crippen LogP contribution in [-0.4, -0.2) is 23.3 Å². The van der Waals surface area contributed by atoms with Crippen LogP contribution in [0.15, 0.2) is 47.3 Å². The lowest BCUT2D eigenvalue weighted by molar-refractivity contribution is -0.144. The number of fused-ring (bicyclic) bond motifs is 1. The smallest absolute Gasteiger partial charge is 0.312 e. The molecule has 128 valence electrons. The Kier molecular flexibility index (Phi) is 4.74. The monoisotopic (exact) mass is 342 g/mol. The number of ether oxygens (including phenoxy) is 2. The highest BCUT2D eigenvalue weighted by atomic mass is 19.1. The van der Waals surface area contributed by atoms with E-state index in [0.717, 1.165) is 0 Å². The van der Waals surface area contributed by atoms with Gasteiger partial charge >= 0.3 is 5.97 Å². The summed E-state index contributed by atoms with van der Waals surface area (Å²) in [5.41, 5.74) is 0.513. The topological polar surface area (TPSA) is 81.3 Å². The molecule has 0 aliphatic carbocycles. The SMILES string of the molecule is COc1ccc(F)cc1COC(=O)Cc1n[nH]c(=O)c2ccccc12. The molecule has 0 radical (unpaired) electrons. The predicted molar refractivity (Wildman–Crippen MR) is 88.8 cm³/mol. The van der Waals surface area contributed by atoms with Gasteiger partial charge in [-0.1, -0.05) is 18.2 Å². The quantitative estimate of drug-likeness (QED) is 0.720. The Labute approximate surface area is 142 Å². The fourth-order valence-corrected chi connectivity index (χ4v) is 2.51. The van der Waals surface area contributed by atoms with Crippen LogP contribution in [0, 0.1) is 5.82 Å². The summed E-state index contributed by atoms with van der Waals surface area (Å²) in [6.45, 7) is -0.124. The molecule has 0 aliphatic rings. The maximum absolute atomic E-state index is 13.3. The van der Waals surface area contributed by atoms with E-state index in [1.807, 2.05) is 0 Å². The average Bonchev–Trinajstić information content (AvgIpc) is 2.63. The minimum absolute atomic E-state index is 0.116. The summed E-state index contributed by atoms with van der Waals surface area (Å²) in [7, 11) is 1.45. The van der Waals surface area contributed by atoms with Crippen molar-refractivity contribution < 1.29 is 18.7 Å². The number of hydrogen-bond donors (Lipinski definition) is 1. The molecular formula is C18H15FN2O4. The Morgan fingerprint density at radius 3 is 2.72 bits per heavy atom. The van der Waals surface area contributed by atoms with Gasteiger partial charge in [0.25, 0.3) is 5.56 Å². The van der Waals surface area contributed by atoms with Crippen LogP contribution in [0.2, 0.25) is 0 Å². The van der Waals surface area contributed by atoms with Gasteiger partial charge in [0.05, 0.1) is 24.6 Å². The molecule has 7 heteroatoms. The van der Waals surface area contributed by atoms with Crippen LogP contribution in [0.1, 0.15) is 11.3 Å². The summed E-state index contributed by atoms with van der Waals surface area (Å²) in [6.07, 6.45) is -0.116. The molecule has 0 fully saturated rings. The Balaban J connectivity index is 1.75. The summed E-state index contributed by atoms with van der Waals surface area (Å²) in [5, 5.41) is 7.33. The Morgan fingerprint density at radius 2 is 1.96 bits per heavy atom. The highest BCUT2D eigenvalue weighted by molar-refractivity contribution is 5.86. The Morgan fingerprint density at radius 1 is 1.20 bits per heavy atom. The number of rotatable bonds is 5. The number of nitrogens with zero attached hydrogens (tertiary/aromatic N) is 1. The maximum Gasteiger partial charge on any atom is 0.312 e. The predicted octanol–water partition coefficient (Wildman–Crippen LogP) is 2.36. The Bertz CT molecular complexity index is 984. The van der Waals surface area contributed by atoms with Gasteiger partial charge in [-0.2, -0.15) is 5.10 Å². The van der Waals surface area contributed by atoms with Crippen molar-refractivity contribution in [2.24, 2.45) is 0 Å². The number of benzene rings is 2. The van der Waals surface area contributed by atoms with E-state index >= 15 is 0 Å². The lowest BCUT2D eigenvalue weighted by atomic mass is 10.1. The zero-order valence-electron chi connectivity index (χ0n) is 13.4. The number of esters is 1. The molecule has 0 aliphatic heterocycles. The van der Waals surface area contributed by atoms with Gasteiger partial charge in [-0.3, -0.25) is 9.59 Å². The molecule has 0 unspecified atom stereocenters. The molecule has 0 bridgehead atoms. The number of aromatic nitrogens is 2. The van der Waals surface area contributed by atoms with Crippen LogP contribution >= 0.6 is 0 Å². The zero-order chi connectivity index (χ0) is 17.8. The first kappa shape index (κ1) is 16.6. The number of methoxy groups -OCH3 is 1. The van der Waals surface area contributed by atoms with E-state index in [2.05, 4.69) is 10.2 Å². The second-order valence-corrected chi connectivity index (χ2v) is 5.34. The minimum atomic E-state index is -0.545. The molecule has 0 amide bonds. The number of halogens is 1. The minimum Gasteiger partial charge on any atom is -0.496 e. The number of carbonyl (C=O) groups excluding carboxylic acids is 1. The summed E-state index contributed by atoms with van der Waals surface area (Å²) in [5.74, 6) is -0.557. The number of H-pyrrole nitrogens is 1.